The van der Waals surface area contributed by atoms with Gasteiger partial charge in [0, 0.05) is 54.3 Å². The van der Waals surface area contributed by atoms with E-state index < -0.39 is 17.9 Å². The molecule has 0 spiro atoms. The number of carbonyl (C=O) groups excluding carboxylic acids is 3. The van der Waals surface area contributed by atoms with E-state index in [9.17, 15) is 24.3 Å². The van der Waals surface area contributed by atoms with Crippen LogP contribution in [0.15, 0.2) is 15.7 Å². The van der Waals surface area contributed by atoms with Gasteiger partial charge in [0.1, 0.15) is 5.70 Å². The van der Waals surface area contributed by atoms with Gasteiger partial charge in [-0.15, -0.1) is 22.4 Å². The van der Waals surface area contributed by atoms with Crippen molar-refractivity contribution in [3.63, 3.8) is 0 Å². The number of thioether (sulfide) groups is 1. The molecule has 6 aliphatic rings. The predicted octanol–water partition coefficient (Wildman–Crippen LogP) is -2.76. The summed E-state index contributed by atoms with van der Waals surface area (Å²) in [6, 6.07) is -1.09. The van der Waals surface area contributed by atoms with Crippen LogP contribution in [0.5, 0.6) is 0 Å². The fourth-order valence-corrected chi connectivity index (χ4v) is 8.37. The number of piperazine rings is 1. The van der Waals surface area contributed by atoms with Gasteiger partial charge in [-0.3, -0.25) is 24.3 Å². The van der Waals surface area contributed by atoms with E-state index in [4.69, 9.17) is 5.73 Å². The van der Waals surface area contributed by atoms with E-state index in [0.29, 0.717) is 50.6 Å². The number of carboxylic acids is 1. The van der Waals surface area contributed by atoms with Crippen LogP contribution >= 0.6 is 11.8 Å². The largest absolute Gasteiger partial charge is 0.477 e. The van der Waals surface area contributed by atoms with Crippen LogP contribution < -0.4 is 27.4 Å². The number of fused-ring (bicyclic) bond motifs is 2. The minimum Gasteiger partial charge on any atom is -0.477 e. The van der Waals surface area contributed by atoms with Crippen LogP contribution in [0, 0.1) is 11.8 Å². The maximum Gasteiger partial charge on any atom is 0.353 e. The number of amides is 3. The van der Waals surface area contributed by atoms with Crippen molar-refractivity contribution in [1.82, 2.24) is 41.4 Å². The molecule has 7 N–H and O–H groups in total. The van der Waals surface area contributed by atoms with Gasteiger partial charge in [-0.05, 0) is 19.8 Å². The summed E-state index contributed by atoms with van der Waals surface area (Å²) in [5.41, 5.74) is 11.6. The highest BCUT2D eigenvalue weighted by atomic mass is 32.2. The number of nitrogens with zero attached hydrogens (tertiary/aromatic N) is 5. The van der Waals surface area contributed by atoms with Crippen LogP contribution in [0.3, 0.4) is 0 Å². The van der Waals surface area contributed by atoms with Gasteiger partial charge in [0.15, 0.2) is 5.84 Å². The molecule has 4 fully saturated rings. The molecule has 41 heavy (non-hydrogen) atoms. The maximum atomic E-state index is 13.3. The van der Waals surface area contributed by atoms with Crippen molar-refractivity contribution < 1.29 is 24.3 Å². The molecule has 0 saturated carbocycles. The van der Waals surface area contributed by atoms with Gasteiger partial charge < -0.3 is 31.3 Å². The highest BCUT2D eigenvalue weighted by Gasteiger charge is 2.60. The molecule has 4 saturated heterocycles. The smallest absolute Gasteiger partial charge is 0.353 e. The molecule has 6 rings (SSSR count). The molecule has 0 radical (unpaired) electrons. The van der Waals surface area contributed by atoms with Crippen molar-refractivity contribution in [3.8, 4) is 0 Å². The lowest BCUT2D eigenvalue weighted by atomic mass is 9.78. The second kappa shape index (κ2) is 11.1. The van der Waals surface area contributed by atoms with E-state index in [1.165, 1.54) is 16.7 Å². The molecule has 3 amide bonds. The second-order valence-corrected chi connectivity index (χ2v) is 13.1. The number of nitrogens with one attached hydrogen (secondary N) is 4. The lowest BCUT2D eigenvalue weighted by Gasteiger charge is -2.47. The molecule has 6 aliphatic heterocycles. The number of carboxylic acid groups (broad SMARTS) is 1. The predicted molar refractivity (Wildman–Crippen MR) is 149 cm³/mol. The molecule has 15 nitrogen and oxygen atoms in total. The molecule has 0 aromatic rings. The van der Waals surface area contributed by atoms with Crippen LogP contribution in [0.1, 0.15) is 26.7 Å². The topological polar surface area (TPSA) is 188 Å². The fourth-order valence-electron chi connectivity index (χ4n) is 6.89. The van der Waals surface area contributed by atoms with Gasteiger partial charge in [0.2, 0.25) is 17.7 Å². The summed E-state index contributed by atoms with van der Waals surface area (Å²) >= 11 is 1.46. The molecular formula is C25H38N10O5S. The van der Waals surface area contributed by atoms with Crippen molar-refractivity contribution in [2.45, 2.75) is 56.1 Å². The summed E-state index contributed by atoms with van der Waals surface area (Å²) in [5, 5.41) is 22.4. The highest BCUT2D eigenvalue weighted by molar-refractivity contribution is 8.03. The summed E-state index contributed by atoms with van der Waals surface area (Å²) in [6.07, 6.45) is 1.39. The number of amidine groups is 1. The molecule has 7 atom stereocenters. The molecule has 0 bridgehead atoms. The Bertz CT molecular complexity index is 1200. The number of nitrogens with two attached hydrogens (primary N) is 1. The van der Waals surface area contributed by atoms with Crippen molar-refractivity contribution >= 4 is 41.3 Å². The fraction of sp³-hybridized carbons (Fsp3) is 0.720. The summed E-state index contributed by atoms with van der Waals surface area (Å²) in [4.78, 5) is 57.3. The Morgan fingerprint density at radius 2 is 2.07 bits per heavy atom. The summed E-state index contributed by atoms with van der Waals surface area (Å²) in [5.74, 6) is -1.45. The van der Waals surface area contributed by atoms with E-state index in [2.05, 4.69) is 26.8 Å². The number of hydrazone groups is 1. The SMILES string of the molecule is C[C@@H](NC(=O)CN1CCN2NNN=C2C1)[C@H]1C(=O)N2C(C(=O)O)=C(S[C@@H]3CN[C@H](C(=O)N4CC[C@@H](N)C4)C3)[C@H](C)[C@H]12. The molecule has 0 aliphatic carbocycles. The minimum absolute atomic E-state index is 0.00624. The summed E-state index contributed by atoms with van der Waals surface area (Å²) in [6.45, 7) is 7.64. The number of rotatable bonds is 8. The normalized spacial score (nSPS) is 33.8. The first-order valence-electron chi connectivity index (χ1n) is 14.2. The number of carbonyl (C=O) groups is 4. The van der Waals surface area contributed by atoms with Crippen LogP contribution in [-0.2, 0) is 19.2 Å². The Balaban J connectivity index is 1.06. The van der Waals surface area contributed by atoms with Crippen molar-refractivity contribution in [3.05, 3.63) is 10.6 Å². The number of hydrogen-bond donors (Lipinski definition) is 6. The van der Waals surface area contributed by atoms with Gasteiger partial charge in [-0.2, -0.15) is 0 Å². The zero-order valence-corrected chi connectivity index (χ0v) is 24.0. The summed E-state index contributed by atoms with van der Waals surface area (Å²) < 4.78 is 0. The number of hydrazine groups is 2. The summed E-state index contributed by atoms with van der Waals surface area (Å²) in [7, 11) is 0. The number of β-lactam (4-membered cyclic amide) rings is 1. The number of likely N-dealkylation sites (tertiary alicyclic amines) is 1. The zero-order chi connectivity index (χ0) is 29.0. The van der Waals surface area contributed by atoms with E-state index in [1.807, 2.05) is 23.8 Å². The average molecular weight is 591 g/mol. The first-order chi connectivity index (χ1) is 19.6. The van der Waals surface area contributed by atoms with Gasteiger partial charge in [-0.25, -0.2) is 10.3 Å². The first kappa shape index (κ1) is 28.2. The minimum atomic E-state index is -1.13. The van der Waals surface area contributed by atoms with E-state index >= 15 is 0 Å². The first-order valence-corrected chi connectivity index (χ1v) is 15.1. The van der Waals surface area contributed by atoms with Gasteiger partial charge in [-0.1, -0.05) is 6.92 Å². The van der Waals surface area contributed by atoms with Crippen molar-refractivity contribution in [2.75, 3.05) is 45.8 Å². The van der Waals surface area contributed by atoms with E-state index in [-0.39, 0.29) is 59.3 Å². The van der Waals surface area contributed by atoms with Crippen molar-refractivity contribution in [1.29, 1.82) is 0 Å². The van der Waals surface area contributed by atoms with Crippen molar-refractivity contribution in [2.24, 2.45) is 22.7 Å². The molecule has 6 heterocycles. The zero-order valence-electron chi connectivity index (χ0n) is 23.2. The Hall–Kier alpha value is -2.92. The lowest BCUT2D eigenvalue weighted by molar-refractivity contribution is -0.158. The molecule has 0 aromatic carbocycles. The third kappa shape index (κ3) is 5.16. The van der Waals surface area contributed by atoms with Crippen LogP contribution in [-0.4, -0.2) is 130 Å². The molecule has 16 heteroatoms. The Morgan fingerprint density at radius 3 is 2.80 bits per heavy atom. The number of aliphatic carboxylic acids is 1. The van der Waals surface area contributed by atoms with Crippen LogP contribution in [0.4, 0.5) is 0 Å². The molecule has 0 aromatic heterocycles. The second-order valence-electron chi connectivity index (χ2n) is 11.8. The Kier molecular flexibility index (Phi) is 7.61. The third-order valence-electron chi connectivity index (χ3n) is 8.99. The number of hydrogen-bond acceptors (Lipinski definition) is 12. The van der Waals surface area contributed by atoms with E-state index in [1.54, 1.807) is 4.90 Å². The third-order valence-corrected chi connectivity index (χ3v) is 10.5. The van der Waals surface area contributed by atoms with Gasteiger partial charge >= 0.3 is 5.97 Å². The van der Waals surface area contributed by atoms with Crippen LogP contribution in [0.25, 0.3) is 0 Å². The Morgan fingerprint density at radius 1 is 1.27 bits per heavy atom. The quantitative estimate of drug-likeness (QED) is 0.160. The van der Waals surface area contributed by atoms with Gasteiger partial charge in [0.25, 0.3) is 0 Å². The average Bonchev–Trinajstić information content (AvgIpc) is 3.71. The van der Waals surface area contributed by atoms with Crippen LogP contribution in [0.2, 0.25) is 0 Å². The molecule has 0 unspecified atom stereocenters. The standard InChI is InChI=1S/C25H38N10O5S/c1-12-20-19(13(2)28-18(36)11-32-5-6-34-17(10-32)29-30-31-34)24(38)35(20)21(25(39)40)22(12)41-15-7-16(27-8-15)23(37)33-4-3-14(26)9-33/h12-16,19-20,27,30-31H,3-11,26H2,1-2H3,(H,28,36)(H,39,40)/t12-,13-,14-,15+,16+,19-,20-/m1/s1. The van der Waals surface area contributed by atoms with E-state index in [0.717, 1.165) is 12.3 Å². The van der Waals surface area contributed by atoms with Gasteiger partial charge in [0.05, 0.1) is 37.6 Å². The Labute approximate surface area is 242 Å². The molecule has 224 valence electrons. The molecular weight excluding hydrogens is 552 g/mol. The maximum absolute atomic E-state index is 13.3. The monoisotopic (exact) mass is 590 g/mol. The lowest BCUT2D eigenvalue weighted by Crippen LogP contribution is -2.66. The highest BCUT2D eigenvalue weighted by Crippen LogP contribution is 2.51.